The molecule has 0 aliphatic carbocycles. The van der Waals surface area contributed by atoms with Gasteiger partial charge >= 0.3 is 5.51 Å². The van der Waals surface area contributed by atoms with Crippen molar-refractivity contribution in [1.29, 1.82) is 0 Å². The van der Waals surface area contributed by atoms with Crippen LogP contribution in [0.15, 0.2) is 23.1 Å². The van der Waals surface area contributed by atoms with E-state index in [4.69, 9.17) is 11.6 Å². The van der Waals surface area contributed by atoms with Gasteiger partial charge in [-0.25, -0.2) is 4.39 Å². The molecule has 7 heteroatoms. The number of rotatable bonds is 5. The van der Waals surface area contributed by atoms with Gasteiger partial charge in [-0.1, -0.05) is 0 Å². The second-order valence-corrected chi connectivity index (χ2v) is 4.68. The highest BCUT2D eigenvalue weighted by Gasteiger charge is 2.29. The molecule has 1 nitrogen and oxygen atoms in total. The number of benzene rings is 1. The van der Waals surface area contributed by atoms with Crippen LogP contribution in [0.25, 0.3) is 0 Å². The Hall–Kier alpha value is -0.620. The molecule has 1 aromatic carbocycles. The maximum Gasteiger partial charge on any atom is 0.446 e. The van der Waals surface area contributed by atoms with Gasteiger partial charge in [0.15, 0.2) is 0 Å². The van der Waals surface area contributed by atoms with Gasteiger partial charge in [0.2, 0.25) is 0 Å². The molecule has 17 heavy (non-hydrogen) atoms. The quantitative estimate of drug-likeness (QED) is 0.371. The molecule has 0 amide bonds. The van der Waals surface area contributed by atoms with E-state index >= 15 is 0 Å². The van der Waals surface area contributed by atoms with Crippen molar-refractivity contribution in [2.75, 3.05) is 17.7 Å². The Labute approximate surface area is 106 Å². The monoisotopic (exact) mass is 287 g/mol. The van der Waals surface area contributed by atoms with Crippen molar-refractivity contribution in [3.8, 4) is 0 Å². The zero-order valence-corrected chi connectivity index (χ0v) is 10.2. The Morgan fingerprint density at radius 3 is 2.53 bits per heavy atom. The van der Waals surface area contributed by atoms with Crippen LogP contribution >= 0.6 is 23.4 Å². The lowest BCUT2D eigenvalue weighted by atomic mass is 10.3. The lowest BCUT2D eigenvalue weighted by Gasteiger charge is -2.09. The van der Waals surface area contributed by atoms with E-state index in [0.717, 1.165) is 6.07 Å². The van der Waals surface area contributed by atoms with E-state index in [1.165, 1.54) is 12.1 Å². The Balaban J connectivity index is 2.66. The molecule has 0 radical (unpaired) electrons. The van der Waals surface area contributed by atoms with Gasteiger partial charge in [-0.15, -0.1) is 11.6 Å². The highest BCUT2D eigenvalue weighted by atomic mass is 35.5. The fraction of sp³-hybridized carbons (Fsp3) is 0.400. The summed E-state index contributed by atoms with van der Waals surface area (Å²) in [5, 5.41) is 2.75. The van der Waals surface area contributed by atoms with E-state index in [9.17, 15) is 17.6 Å². The molecule has 0 bridgehead atoms. The zero-order chi connectivity index (χ0) is 12.9. The number of hydrogen-bond donors (Lipinski definition) is 1. The van der Waals surface area contributed by atoms with Crippen molar-refractivity contribution in [3.05, 3.63) is 24.0 Å². The molecular formula is C10H10ClF4NS. The second kappa shape index (κ2) is 6.35. The Kier molecular flexibility index (Phi) is 5.39. The number of thioether (sulfide) groups is 1. The molecule has 0 heterocycles. The highest BCUT2D eigenvalue weighted by molar-refractivity contribution is 8.00. The van der Waals surface area contributed by atoms with Crippen molar-refractivity contribution in [1.82, 2.24) is 0 Å². The summed E-state index contributed by atoms with van der Waals surface area (Å²) < 4.78 is 49.5. The average molecular weight is 288 g/mol. The van der Waals surface area contributed by atoms with Crippen LogP contribution in [-0.2, 0) is 0 Å². The van der Waals surface area contributed by atoms with Crippen LogP contribution in [-0.4, -0.2) is 17.9 Å². The van der Waals surface area contributed by atoms with Gasteiger partial charge in [-0.05, 0) is 36.4 Å². The third kappa shape index (κ3) is 5.50. The van der Waals surface area contributed by atoms with Gasteiger partial charge in [-0.2, -0.15) is 13.2 Å². The summed E-state index contributed by atoms with van der Waals surface area (Å²) in [4.78, 5) is -0.169. The molecule has 1 aromatic rings. The molecule has 0 aromatic heterocycles. The molecule has 0 unspecified atom stereocenters. The lowest BCUT2D eigenvalue weighted by Crippen LogP contribution is -2.04. The summed E-state index contributed by atoms with van der Waals surface area (Å²) in [6, 6.07) is 3.38. The minimum absolute atomic E-state index is 0.169. The van der Waals surface area contributed by atoms with Gasteiger partial charge in [0.25, 0.3) is 0 Å². The standard InChI is InChI=1S/C10H10ClF4NS/c11-4-1-5-16-9-3-2-7(6-8(9)12)17-10(13,14)15/h2-3,6,16H,1,4-5H2. The van der Waals surface area contributed by atoms with E-state index in [0.29, 0.717) is 18.8 Å². The summed E-state index contributed by atoms with van der Waals surface area (Å²) in [6.07, 6.45) is 0.653. The predicted molar refractivity (Wildman–Crippen MR) is 62.1 cm³/mol. The minimum atomic E-state index is -4.40. The molecule has 0 aliphatic heterocycles. The minimum Gasteiger partial charge on any atom is -0.383 e. The normalized spacial score (nSPS) is 11.6. The first-order valence-electron chi connectivity index (χ1n) is 4.77. The van der Waals surface area contributed by atoms with Gasteiger partial charge in [-0.3, -0.25) is 0 Å². The molecule has 1 rings (SSSR count). The van der Waals surface area contributed by atoms with Crippen LogP contribution in [0.1, 0.15) is 6.42 Å². The van der Waals surface area contributed by atoms with E-state index in [-0.39, 0.29) is 22.3 Å². The average Bonchev–Trinajstić information content (AvgIpc) is 2.19. The molecule has 96 valence electrons. The molecule has 1 N–H and O–H groups in total. The Bertz CT molecular complexity index is 370. The molecule has 0 aliphatic rings. The summed E-state index contributed by atoms with van der Waals surface area (Å²) in [7, 11) is 0. The predicted octanol–water partition coefficient (Wildman–Crippen LogP) is 4.48. The number of anilines is 1. The van der Waals surface area contributed by atoms with Crippen LogP contribution in [0.4, 0.5) is 23.2 Å². The molecule has 0 saturated heterocycles. The fourth-order valence-corrected chi connectivity index (χ4v) is 1.83. The maximum atomic E-state index is 13.4. The van der Waals surface area contributed by atoms with Crippen LogP contribution in [0.2, 0.25) is 0 Å². The number of halogens is 5. The Morgan fingerprint density at radius 2 is 2.00 bits per heavy atom. The van der Waals surface area contributed by atoms with E-state index in [1.807, 2.05) is 0 Å². The van der Waals surface area contributed by atoms with Crippen LogP contribution in [0, 0.1) is 5.82 Å². The zero-order valence-electron chi connectivity index (χ0n) is 8.65. The summed E-state index contributed by atoms with van der Waals surface area (Å²) in [5.74, 6) is -0.259. The second-order valence-electron chi connectivity index (χ2n) is 3.16. The van der Waals surface area contributed by atoms with Gasteiger partial charge in [0.05, 0.1) is 5.69 Å². The summed E-state index contributed by atoms with van der Waals surface area (Å²) in [6.45, 7) is 0.478. The third-order valence-electron chi connectivity index (χ3n) is 1.80. The van der Waals surface area contributed by atoms with Crippen LogP contribution in [0.5, 0.6) is 0 Å². The van der Waals surface area contributed by atoms with Crippen molar-refractivity contribution in [2.24, 2.45) is 0 Å². The maximum absolute atomic E-state index is 13.4. The van der Waals surface area contributed by atoms with Crippen molar-refractivity contribution < 1.29 is 17.6 Å². The van der Waals surface area contributed by atoms with Gasteiger partial charge < -0.3 is 5.32 Å². The highest BCUT2D eigenvalue weighted by Crippen LogP contribution is 2.37. The smallest absolute Gasteiger partial charge is 0.383 e. The van der Waals surface area contributed by atoms with E-state index in [1.54, 1.807) is 0 Å². The third-order valence-corrected chi connectivity index (χ3v) is 2.79. The Morgan fingerprint density at radius 1 is 1.29 bits per heavy atom. The first kappa shape index (κ1) is 14.4. The van der Waals surface area contributed by atoms with Crippen molar-refractivity contribution in [2.45, 2.75) is 16.8 Å². The molecular weight excluding hydrogens is 278 g/mol. The van der Waals surface area contributed by atoms with Crippen LogP contribution < -0.4 is 5.32 Å². The first-order valence-corrected chi connectivity index (χ1v) is 6.12. The summed E-state index contributed by atoms with van der Waals surface area (Å²) >= 11 is 5.11. The van der Waals surface area contributed by atoms with Crippen LogP contribution in [0.3, 0.4) is 0 Å². The molecule has 0 atom stereocenters. The lowest BCUT2D eigenvalue weighted by molar-refractivity contribution is -0.0328. The number of nitrogens with one attached hydrogen (secondary N) is 1. The first-order chi connectivity index (χ1) is 7.92. The SMILES string of the molecule is Fc1cc(SC(F)(F)F)ccc1NCCCCl. The largest absolute Gasteiger partial charge is 0.446 e. The number of hydrogen-bond acceptors (Lipinski definition) is 2. The van der Waals surface area contributed by atoms with E-state index < -0.39 is 11.3 Å². The topological polar surface area (TPSA) is 12.0 Å². The number of alkyl halides is 4. The fourth-order valence-electron chi connectivity index (χ4n) is 1.13. The van der Waals surface area contributed by atoms with Crippen molar-refractivity contribution >= 4 is 29.1 Å². The van der Waals surface area contributed by atoms with Gasteiger partial charge in [0.1, 0.15) is 5.82 Å². The summed E-state index contributed by atoms with van der Waals surface area (Å²) in [5.41, 5.74) is -4.22. The van der Waals surface area contributed by atoms with Gasteiger partial charge in [0, 0.05) is 17.3 Å². The van der Waals surface area contributed by atoms with Crippen molar-refractivity contribution in [3.63, 3.8) is 0 Å². The molecule has 0 spiro atoms. The molecule has 0 saturated carbocycles. The molecule has 0 fully saturated rings. The van der Waals surface area contributed by atoms with E-state index in [2.05, 4.69) is 5.32 Å².